The topological polar surface area (TPSA) is 42.0 Å². The number of anilines is 1. The number of rotatable bonds is 4. The van der Waals surface area contributed by atoms with Crippen LogP contribution in [0.5, 0.6) is 0 Å². The number of pyridine rings is 1. The Bertz CT molecular complexity index is 540. The van der Waals surface area contributed by atoms with Crippen molar-refractivity contribution < 1.29 is 4.79 Å². The van der Waals surface area contributed by atoms with E-state index in [4.69, 9.17) is 0 Å². The van der Waals surface area contributed by atoms with Gasteiger partial charge in [-0.2, -0.15) is 0 Å². The summed E-state index contributed by atoms with van der Waals surface area (Å²) in [4.78, 5) is 16.1. The lowest BCUT2D eigenvalue weighted by Gasteiger charge is -2.12. The third-order valence-electron chi connectivity index (χ3n) is 2.83. The number of aromatic nitrogens is 1. The lowest BCUT2D eigenvalue weighted by molar-refractivity contribution is -0.119. The highest BCUT2D eigenvalue weighted by Crippen LogP contribution is 2.14. The molecule has 19 heavy (non-hydrogen) atoms. The van der Waals surface area contributed by atoms with Gasteiger partial charge in [-0.05, 0) is 40.0 Å². The van der Waals surface area contributed by atoms with Crippen LogP contribution in [0, 0.1) is 5.92 Å². The molecule has 0 aliphatic carbocycles. The summed E-state index contributed by atoms with van der Waals surface area (Å²) in [6.07, 6.45) is 2.37. The van der Waals surface area contributed by atoms with Crippen molar-refractivity contribution in [2.45, 2.75) is 13.3 Å². The predicted molar refractivity (Wildman–Crippen MR) is 79.9 cm³/mol. The maximum Gasteiger partial charge on any atom is 0.227 e. The number of hydrogen-bond donors (Lipinski definition) is 1. The number of carbonyl (C=O) groups is 1. The second kappa shape index (κ2) is 6.48. The molecule has 0 aliphatic heterocycles. The smallest absolute Gasteiger partial charge is 0.227 e. The summed E-state index contributed by atoms with van der Waals surface area (Å²) >= 11 is 3.26. The van der Waals surface area contributed by atoms with Gasteiger partial charge in [-0.3, -0.25) is 4.79 Å². The molecule has 1 N–H and O–H groups in total. The molecule has 1 aromatic carbocycles. The molecule has 1 amide bonds. The Hall–Kier alpha value is -1.68. The zero-order valence-corrected chi connectivity index (χ0v) is 12.2. The van der Waals surface area contributed by atoms with Crippen LogP contribution in [0.15, 0.2) is 53.3 Å². The number of amides is 1. The van der Waals surface area contributed by atoms with E-state index in [9.17, 15) is 4.79 Å². The van der Waals surface area contributed by atoms with E-state index >= 15 is 0 Å². The van der Waals surface area contributed by atoms with Gasteiger partial charge in [-0.15, -0.1) is 0 Å². The summed E-state index contributed by atoms with van der Waals surface area (Å²) in [6, 6.07) is 13.6. The Morgan fingerprint density at radius 3 is 2.63 bits per heavy atom. The first-order valence-electron chi connectivity index (χ1n) is 6.11. The zero-order chi connectivity index (χ0) is 13.7. The van der Waals surface area contributed by atoms with Gasteiger partial charge in [0, 0.05) is 5.92 Å². The number of benzene rings is 1. The SMILES string of the molecule is CC(Cc1ccccc1)C(=O)Nc1ccc(Br)nc1. The average Bonchev–Trinajstić information content (AvgIpc) is 2.42. The van der Waals surface area contributed by atoms with Crippen molar-refractivity contribution in [1.82, 2.24) is 4.98 Å². The summed E-state index contributed by atoms with van der Waals surface area (Å²) in [5.41, 5.74) is 1.88. The van der Waals surface area contributed by atoms with Crippen LogP contribution in [0.2, 0.25) is 0 Å². The largest absolute Gasteiger partial charge is 0.324 e. The van der Waals surface area contributed by atoms with Crippen LogP contribution in [0.25, 0.3) is 0 Å². The molecule has 1 unspecified atom stereocenters. The maximum atomic E-state index is 12.1. The number of hydrogen-bond acceptors (Lipinski definition) is 2. The van der Waals surface area contributed by atoms with Crippen molar-refractivity contribution in [2.24, 2.45) is 5.92 Å². The van der Waals surface area contributed by atoms with E-state index in [2.05, 4.69) is 26.2 Å². The van der Waals surface area contributed by atoms with Gasteiger partial charge in [-0.1, -0.05) is 37.3 Å². The van der Waals surface area contributed by atoms with Crippen LogP contribution in [0.1, 0.15) is 12.5 Å². The first-order valence-corrected chi connectivity index (χ1v) is 6.91. The summed E-state index contributed by atoms with van der Waals surface area (Å²) in [7, 11) is 0. The summed E-state index contributed by atoms with van der Waals surface area (Å²) in [6.45, 7) is 1.93. The van der Waals surface area contributed by atoms with Gasteiger partial charge in [0.2, 0.25) is 5.91 Å². The van der Waals surface area contributed by atoms with Gasteiger partial charge in [-0.25, -0.2) is 4.98 Å². The normalized spacial score (nSPS) is 11.9. The molecule has 0 saturated heterocycles. The van der Waals surface area contributed by atoms with E-state index in [0.717, 1.165) is 11.0 Å². The molecule has 0 aliphatic rings. The third-order valence-corrected chi connectivity index (χ3v) is 3.30. The fourth-order valence-corrected chi connectivity index (χ4v) is 2.01. The van der Waals surface area contributed by atoms with Crippen molar-refractivity contribution in [3.05, 3.63) is 58.8 Å². The van der Waals surface area contributed by atoms with E-state index in [1.54, 1.807) is 12.3 Å². The Morgan fingerprint density at radius 1 is 1.26 bits per heavy atom. The molecule has 0 fully saturated rings. The Morgan fingerprint density at radius 2 is 2.00 bits per heavy atom. The van der Waals surface area contributed by atoms with Crippen molar-refractivity contribution in [3.8, 4) is 0 Å². The minimum absolute atomic E-state index is 0.00738. The Labute approximate surface area is 121 Å². The number of carbonyl (C=O) groups excluding carboxylic acids is 1. The van der Waals surface area contributed by atoms with Crippen molar-refractivity contribution in [3.63, 3.8) is 0 Å². The minimum Gasteiger partial charge on any atom is -0.324 e. The highest BCUT2D eigenvalue weighted by atomic mass is 79.9. The first-order chi connectivity index (χ1) is 9.15. The molecule has 98 valence electrons. The highest BCUT2D eigenvalue weighted by Gasteiger charge is 2.13. The van der Waals surface area contributed by atoms with Crippen LogP contribution in [-0.2, 0) is 11.2 Å². The van der Waals surface area contributed by atoms with Gasteiger partial charge in [0.25, 0.3) is 0 Å². The van der Waals surface area contributed by atoms with Crippen molar-refractivity contribution in [2.75, 3.05) is 5.32 Å². The molecule has 3 nitrogen and oxygen atoms in total. The first kappa shape index (κ1) is 13.7. The second-order valence-electron chi connectivity index (χ2n) is 4.45. The van der Waals surface area contributed by atoms with Crippen molar-refractivity contribution in [1.29, 1.82) is 0 Å². The van der Waals surface area contributed by atoms with Gasteiger partial charge in [0.05, 0.1) is 11.9 Å². The zero-order valence-electron chi connectivity index (χ0n) is 10.6. The second-order valence-corrected chi connectivity index (χ2v) is 5.26. The molecule has 2 aromatic rings. The summed E-state index contributed by atoms with van der Waals surface area (Å²) in [5.74, 6) is -0.0703. The van der Waals surface area contributed by atoms with Crippen LogP contribution in [0.3, 0.4) is 0 Å². The molecule has 0 bridgehead atoms. The standard InChI is InChI=1S/C15H15BrN2O/c1-11(9-12-5-3-2-4-6-12)15(19)18-13-7-8-14(16)17-10-13/h2-8,10-11H,9H2,1H3,(H,18,19). The molecule has 0 spiro atoms. The highest BCUT2D eigenvalue weighted by molar-refractivity contribution is 9.10. The van der Waals surface area contributed by atoms with Crippen LogP contribution in [0.4, 0.5) is 5.69 Å². The molecular formula is C15H15BrN2O. The predicted octanol–water partition coefficient (Wildman–Crippen LogP) is 3.66. The molecule has 4 heteroatoms. The fourth-order valence-electron chi connectivity index (χ4n) is 1.78. The molecule has 0 radical (unpaired) electrons. The van der Waals surface area contributed by atoms with Gasteiger partial charge in [0.15, 0.2) is 0 Å². The van der Waals surface area contributed by atoms with E-state index in [1.807, 2.05) is 43.3 Å². The van der Waals surface area contributed by atoms with Crippen LogP contribution < -0.4 is 5.32 Å². The summed E-state index contributed by atoms with van der Waals surface area (Å²) in [5, 5.41) is 2.87. The van der Waals surface area contributed by atoms with Crippen LogP contribution in [-0.4, -0.2) is 10.9 Å². The number of nitrogens with zero attached hydrogens (tertiary/aromatic N) is 1. The number of halogens is 1. The van der Waals surface area contributed by atoms with E-state index in [0.29, 0.717) is 5.69 Å². The molecule has 1 atom stereocenters. The van der Waals surface area contributed by atoms with E-state index in [1.165, 1.54) is 5.56 Å². The van der Waals surface area contributed by atoms with Crippen molar-refractivity contribution >= 4 is 27.5 Å². The Balaban J connectivity index is 1.94. The summed E-state index contributed by atoms with van der Waals surface area (Å²) < 4.78 is 0.753. The van der Waals surface area contributed by atoms with Gasteiger partial charge >= 0.3 is 0 Å². The number of nitrogens with one attached hydrogen (secondary N) is 1. The maximum absolute atomic E-state index is 12.1. The lowest BCUT2D eigenvalue weighted by Crippen LogP contribution is -2.22. The lowest BCUT2D eigenvalue weighted by atomic mass is 10.0. The van der Waals surface area contributed by atoms with Gasteiger partial charge in [0.1, 0.15) is 4.60 Å². The van der Waals surface area contributed by atoms with E-state index in [-0.39, 0.29) is 11.8 Å². The molecule has 1 heterocycles. The van der Waals surface area contributed by atoms with Crippen LogP contribution >= 0.6 is 15.9 Å². The quantitative estimate of drug-likeness (QED) is 0.874. The molecule has 1 aromatic heterocycles. The minimum atomic E-state index is -0.0777. The molecular weight excluding hydrogens is 304 g/mol. The molecule has 2 rings (SSSR count). The average molecular weight is 319 g/mol. The molecule has 0 saturated carbocycles. The fraction of sp³-hybridized carbons (Fsp3) is 0.200. The Kier molecular flexibility index (Phi) is 4.68. The van der Waals surface area contributed by atoms with Gasteiger partial charge < -0.3 is 5.32 Å². The monoisotopic (exact) mass is 318 g/mol. The van der Waals surface area contributed by atoms with E-state index < -0.39 is 0 Å². The third kappa shape index (κ3) is 4.17.